The molecule has 7 nitrogen and oxygen atoms in total. The Morgan fingerprint density at radius 1 is 1.12 bits per heavy atom. The van der Waals surface area contributed by atoms with Crippen molar-refractivity contribution >= 4 is 15.9 Å². The van der Waals surface area contributed by atoms with E-state index in [0.717, 1.165) is 32.2 Å². The second kappa shape index (κ2) is 6.64. The Morgan fingerprint density at radius 3 is 2.58 bits per heavy atom. The van der Waals surface area contributed by atoms with Crippen LogP contribution in [0.25, 0.3) is 0 Å². The molecule has 8 heteroatoms. The van der Waals surface area contributed by atoms with Gasteiger partial charge in [-0.3, -0.25) is 4.79 Å². The number of amides is 1. The molecule has 1 amide bonds. The van der Waals surface area contributed by atoms with Crippen LogP contribution in [-0.4, -0.2) is 58.8 Å². The van der Waals surface area contributed by atoms with Crippen LogP contribution in [0.3, 0.4) is 0 Å². The molecule has 4 rings (SSSR count). The molecule has 1 spiro atoms. The SMILES string of the molecule is Cn1cnc(S(=O)(=O)N2CC[C@]3(CCCN(C4CCCCC4)C3=O)C2)c1. The summed E-state index contributed by atoms with van der Waals surface area (Å²) in [6.07, 6.45) is 11.3. The highest BCUT2D eigenvalue weighted by Gasteiger charge is 2.52. The van der Waals surface area contributed by atoms with Crippen LogP contribution in [0.15, 0.2) is 17.6 Å². The van der Waals surface area contributed by atoms with Crippen molar-refractivity contribution in [3.05, 3.63) is 12.5 Å². The average Bonchev–Trinajstić information content (AvgIpc) is 3.26. The summed E-state index contributed by atoms with van der Waals surface area (Å²) in [5.41, 5.74) is -0.530. The zero-order chi connectivity index (χ0) is 18.4. The summed E-state index contributed by atoms with van der Waals surface area (Å²) >= 11 is 0. The smallest absolute Gasteiger partial charge is 0.262 e. The minimum absolute atomic E-state index is 0.0736. The molecule has 144 valence electrons. The molecule has 1 saturated carbocycles. The fraction of sp³-hybridized carbons (Fsp3) is 0.778. The third-order valence-corrected chi connectivity index (χ3v) is 8.12. The van der Waals surface area contributed by atoms with Gasteiger partial charge in [-0.05, 0) is 32.1 Å². The zero-order valence-corrected chi connectivity index (χ0v) is 16.2. The summed E-state index contributed by atoms with van der Waals surface area (Å²) in [5, 5.41) is 0.0736. The van der Waals surface area contributed by atoms with E-state index in [9.17, 15) is 13.2 Å². The van der Waals surface area contributed by atoms with Gasteiger partial charge in [-0.1, -0.05) is 19.3 Å². The fourth-order valence-corrected chi connectivity index (χ4v) is 6.41. The zero-order valence-electron chi connectivity index (χ0n) is 15.4. The van der Waals surface area contributed by atoms with Crippen molar-refractivity contribution in [1.82, 2.24) is 18.8 Å². The Morgan fingerprint density at radius 2 is 1.88 bits per heavy atom. The number of hydrogen-bond donors (Lipinski definition) is 0. The van der Waals surface area contributed by atoms with Gasteiger partial charge in [0.05, 0.1) is 11.7 Å². The summed E-state index contributed by atoms with van der Waals surface area (Å²) in [6.45, 7) is 1.54. The van der Waals surface area contributed by atoms with E-state index in [2.05, 4.69) is 9.88 Å². The normalized spacial score (nSPS) is 29.0. The molecule has 0 aromatic carbocycles. The minimum Gasteiger partial charge on any atom is -0.339 e. The summed E-state index contributed by atoms with van der Waals surface area (Å²) in [7, 11) is -1.87. The highest BCUT2D eigenvalue weighted by molar-refractivity contribution is 7.89. The van der Waals surface area contributed by atoms with E-state index in [1.807, 2.05) is 0 Å². The fourth-order valence-electron chi connectivity index (χ4n) is 4.91. The van der Waals surface area contributed by atoms with Crippen LogP contribution >= 0.6 is 0 Å². The van der Waals surface area contributed by atoms with Gasteiger partial charge in [-0.15, -0.1) is 0 Å². The number of rotatable bonds is 3. The van der Waals surface area contributed by atoms with Crippen molar-refractivity contribution in [1.29, 1.82) is 0 Å². The first kappa shape index (κ1) is 18.0. The molecule has 0 unspecified atom stereocenters. The van der Waals surface area contributed by atoms with Crippen molar-refractivity contribution in [3.63, 3.8) is 0 Å². The van der Waals surface area contributed by atoms with Crippen LogP contribution in [0.4, 0.5) is 0 Å². The second-order valence-electron chi connectivity index (χ2n) is 8.14. The quantitative estimate of drug-likeness (QED) is 0.801. The molecule has 2 saturated heterocycles. The highest BCUT2D eigenvalue weighted by Crippen LogP contribution is 2.43. The standard InChI is InChI=1S/C18H28N4O3S/c1-20-12-16(19-14-20)26(24,25)21-11-9-18(13-21)8-5-10-22(17(18)23)15-6-3-2-4-7-15/h12,14-15H,2-11,13H2,1H3/t18-/m1/s1. The van der Waals surface area contributed by atoms with Gasteiger partial charge < -0.3 is 9.47 Å². The van der Waals surface area contributed by atoms with Crippen molar-refractivity contribution in [3.8, 4) is 0 Å². The third-order valence-electron chi connectivity index (χ3n) is 6.39. The van der Waals surface area contributed by atoms with Gasteiger partial charge in [0.15, 0.2) is 5.03 Å². The Balaban J connectivity index is 1.53. The van der Waals surface area contributed by atoms with Crippen molar-refractivity contribution in [2.24, 2.45) is 12.5 Å². The Hall–Kier alpha value is -1.41. The summed E-state index contributed by atoms with van der Waals surface area (Å²) in [6, 6.07) is 0.356. The number of sulfonamides is 1. The lowest BCUT2D eigenvalue weighted by molar-refractivity contribution is -0.149. The largest absolute Gasteiger partial charge is 0.339 e. The Bertz CT molecular complexity index is 784. The van der Waals surface area contributed by atoms with Gasteiger partial charge in [-0.25, -0.2) is 13.4 Å². The van der Waals surface area contributed by atoms with Crippen LogP contribution in [0.1, 0.15) is 51.4 Å². The second-order valence-corrected chi connectivity index (χ2v) is 10.0. The number of aryl methyl sites for hydroxylation is 1. The maximum absolute atomic E-state index is 13.3. The number of carbonyl (C=O) groups is 1. The topological polar surface area (TPSA) is 75.5 Å². The van der Waals surface area contributed by atoms with Crippen molar-refractivity contribution < 1.29 is 13.2 Å². The summed E-state index contributed by atoms with van der Waals surface area (Å²) in [4.78, 5) is 19.4. The van der Waals surface area contributed by atoms with Gasteiger partial charge in [0, 0.05) is 38.9 Å². The van der Waals surface area contributed by atoms with Crippen molar-refractivity contribution in [2.45, 2.75) is 62.4 Å². The lowest BCUT2D eigenvalue weighted by atomic mass is 9.77. The molecule has 3 fully saturated rings. The van der Waals surface area contributed by atoms with Gasteiger partial charge in [-0.2, -0.15) is 4.31 Å². The molecule has 1 aromatic heterocycles. The number of likely N-dealkylation sites (tertiary alicyclic amines) is 1. The Labute approximate surface area is 155 Å². The molecule has 3 aliphatic rings. The lowest BCUT2D eigenvalue weighted by Gasteiger charge is -2.44. The van der Waals surface area contributed by atoms with Crippen molar-refractivity contribution in [2.75, 3.05) is 19.6 Å². The number of hydrogen-bond acceptors (Lipinski definition) is 4. The number of imidazole rings is 1. The number of piperidine rings is 1. The summed E-state index contributed by atoms with van der Waals surface area (Å²) < 4.78 is 28.9. The van der Waals surface area contributed by atoms with Crippen LogP contribution in [-0.2, 0) is 21.9 Å². The number of carbonyl (C=O) groups excluding carboxylic acids is 1. The molecule has 0 bridgehead atoms. The molecule has 0 N–H and O–H groups in total. The van der Waals surface area contributed by atoms with Gasteiger partial charge in [0.25, 0.3) is 10.0 Å². The van der Waals surface area contributed by atoms with Crippen LogP contribution in [0, 0.1) is 5.41 Å². The minimum atomic E-state index is -3.63. The van der Waals surface area contributed by atoms with Gasteiger partial charge in [0.1, 0.15) is 0 Å². The predicted octanol–water partition coefficient (Wildman–Crippen LogP) is 1.76. The molecule has 26 heavy (non-hydrogen) atoms. The average molecular weight is 381 g/mol. The van der Waals surface area contributed by atoms with Crippen LogP contribution in [0.2, 0.25) is 0 Å². The molecular weight excluding hydrogens is 352 g/mol. The molecule has 1 atom stereocenters. The first-order valence-electron chi connectivity index (χ1n) is 9.72. The number of nitrogens with zero attached hydrogens (tertiary/aromatic N) is 4. The van der Waals surface area contributed by atoms with E-state index < -0.39 is 15.4 Å². The molecule has 1 aromatic rings. The van der Waals surface area contributed by atoms with Crippen LogP contribution < -0.4 is 0 Å². The number of aromatic nitrogens is 2. The predicted molar refractivity (Wildman–Crippen MR) is 96.8 cm³/mol. The third kappa shape index (κ3) is 2.97. The summed E-state index contributed by atoms with van der Waals surface area (Å²) in [5.74, 6) is 0.189. The first-order chi connectivity index (χ1) is 12.4. The van der Waals surface area contributed by atoms with Gasteiger partial charge in [0.2, 0.25) is 5.91 Å². The first-order valence-corrected chi connectivity index (χ1v) is 11.2. The highest BCUT2D eigenvalue weighted by atomic mass is 32.2. The molecule has 1 aliphatic carbocycles. The Kier molecular flexibility index (Phi) is 4.59. The van der Waals surface area contributed by atoms with E-state index in [1.165, 1.54) is 36.1 Å². The van der Waals surface area contributed by atoms with E-state index in [-0.39, 0.29) is 10.9 Å². The van der Waals surface area contributed by atoms with E-state index in [1.54, 1.807) is 11.6 Å². The maximum atomic E-state index is 13.3. The molecule has 0 radical (unpaired) electrons. The molecule has 3 heterocycles. The van der Waals surface area contributed by atoms with E-state index in [4.69, 9.17) is 0 Å². The molecular formula is C18H28N4O3S. The monoisotopic (exact) mass is 380 g/mol. The lowest BCUT2D eigenvalue weighted by Crippen LogP contribution is -2.54. The van der Waals surface area contributed by atoms with Gasteiger partial charge >= 0.3 is 0 Å². The van der Waals surface area contributed by atoms with Crippen LogP contribution in [0.5, 0.6) is 0 Å². The van der Waals surface area contributed by atoms with E-state index >= 15 is 0 Å². The maximum Gasteiger partial charge on any atom is 0.262 e. The molecule has 2 aliphatic heterocycles. The van der Waals surface area contributed by atoms with E-state index in [0.29, 0.717) is 25.6 Å².